The van der Waals surface area contributed by atoms with Crippen molar-refractivity contribution in [2.45, 2.75) is 4.34 Å². The van der Waals surface area contributed by atoms with Crippen LogP contribution in [-0.2, 0) is 4.74 Å². The largest absolute Gasteiger partial charge is 0.379 e. The van der Waals surface area contributed by atoms with Crippen molar-refractivity contribution in [1.82, 2.24) is 20.1 Å². The van der Waals surface area contributed by atoms with E-state index in [1.54, 1.807) is 11.8 Å². The van der Waals surface area contributed by atoms with E-state index < -0.39 is 0 Å². The summed E-state index contributed by atoms with van der Waals surface area (Å²) in [5.41, 5.74) is 0.833. The lowest BCUT2D eigenvalue weighted by Crippen LogP contribution is -2.37. The number of carbonyl (C=O) groups excluding carboxylic acids is 1. The van der Waals surface area contributed by atoms with Gasteiger partial charge in [-0.05, 0) is 12.1 Å². The molecule has 1 aliphatic rings. The molecule has 1 fully saturated rings. The van der Waals surface area contributed by atoms with E-state index in [-0.39, 0.29) is 5.91 Å². The normalized spacial score (nSPS) is 15.4. The fourth-order valence-electron chi connectivity index (χ4n) is 2.53. The lowest BCUT2D eigenvalue weighted by molar-refractivity contribution is 0.0410. The monoisotopic (exact) mass is 407 g/mol. The molecule has 0 atom stereocenters. The Bertz CT molecular complexity index is 858. The maximum absolute atomic E-state index is 12.4. The Hall–Kier alpha value is -1.59. The lowest BCUT2D eigenvalue weighted by atomic mass is 10.3. The van der Waals surface area contributed by atoms with E-state index in [9.17, 15) is 4.79 Å². The third kappa shape index (κ3) is 4.38. The van der Waals surface area contributed by atoms with E-state index >= 15 is 0 Å². The molecule has 0 aliphatic carbocycles. The van der Waals surface area contributed by atoms with Crippen molar-refractivity contribution < 1.29 is 9.53 Å². The Morgan fingerprint density at radius 3 is 2.92 bits per heavy atom. The van der Waals surface area contributed by atoms with Crippen molar-refractivity contribution in [3.8, 4) is 0 Å². The van der Waals surface area contributed by atoms with Crippen LogP contribution in [0.4, 0.5) is 5.13 Å². The molecule has 136 valence electrons. The molecule has 0 bridgehead atoms. The third-order valence-electron chi connectivity index (χ3n) is 3.85. The molecule has 0 unspecified atom stereocenters. The zero-order valence-corrected chi connectivity index (χ0v) is 16.3. The van der Waals surface area contributed by atoms with Crippen LogP contribution in [0.5, 0.6) is 0 Å². The number of nitrogens with zero attached hydrogens (tertiary/aromatic N) is 4. The van der Waals surface area contributed by atoms with Crippen molar-refractivity contribution >= 4 is 55.7 Å². The number of amides is 1. The van der Waals surface area contributed by atoms with Crippen LogP contribution in [0, 0.1) is 0 Å². The van der Waals surface area contributed by atoms with Crippen LogP contribution in [0.1, 0.15) is 9.80 Å². The number of aromatic nitrogens is 3. The lowest BCUT2D eigenvalue weighted by Gasteiger charge is -2.25. The molecule has 2 aromatic heterocycles. The second-order valence-electron chi connectivity index (χ2n) is 5.62. The summed E-state index contributed by atoms with van der Waals surface area (Å²) < 4.78 is 7.20. The van der Waals surface area contributed by atoms with Gasteiger partial charge in [-0.15, -0.1) is 21.5 Å². The van der Waals surface area contributed by atoms with Crippen molar-refractivity contribution in [3.63, 3.8) is 0 Å². The van der Waals surface area contributed by atoms with Crippen LogP contribution in [0.2, 0.25) is 0 Å². The van der Waals surface area contributed by atoms with E-state index in [1.807, 2.05) is 24.3 Å². The van der Waals surface area contributed by atoms with Crippen LogP contribution < -0.4 is 5.32 Å². The number of thioether (sulfide) groups is 1. The highest BCUT2D eigenvalue weighted by Gasteiger charge is 2.15. The minimum atomic E-state index is -0.243. The zero-order chi connectivity index (χ0) is 17.8. The zero-order valence-electron chi connectivity index (χ0n) is 13.9. The molecule has 26 heavy (non-hydrogen) atoms. The van der Waals surface area contributed by atoms with E-state index in [0.717, 1.165) is 53.2 Å². The molecule has 3 aromatic rings. The Morgan fingerprint density at radius 2 is 2.08 bits per heavy atom. The van der Waals surface area contributed by atoms with E-state index in [0.29, 0.717) is 10.1 Å². The number of hydrogen-bond acceptors (Lipinski definition) is 9. The van der Waals surface area contributed by atoms with Gasteiger partial charge < -0.3 is 4.74 Å². The number of benzene rings is 1. The molecule has 1 amide bonds. The first kappa shape index (κ1) is 17.8. The molecule has 10 heteroatoms. The van der Waals surface area contributed by atoms with Gasteiger partial charge in [-0.25, -0.2) is 4.98 Å². The second-order valence-corrected chi connectivity index (χ2v) is 8.97. The van der Waals surface area contributed by atoms with Gasteiger partial charge in [0.1, 0.15) is 0 Å². The Kier molecular flexibility index (Phi) is 5.75. The van der Waals surface area contributed by atoms with Crippen molar-refractivity contribution in [1.29, 1.82) is 0 Å². The van der Waals surface area contributed by atoms with Crippen molar-refractivity contribution in [2.24, 2.45) is 0 Å². The molecular formula is C16H17N5O2S3. The maximum Gasteiger partial charge on any atom is 0.286 e. The van der Waals surface area contributed by atoms with Crippen LogP contribution in [0.25, 0.3) is 10.2 Å². The number of ether oxygens (including phenoxy) is 1. The van der Waals surface area contributed by atoms with Gasteiger partial charge in [0, 0.05) is 25.4 Å². The average molecular weight is 408 g/mol. The Labute approximate surface area is 162 Å². The Balaban J connectivity index is 1.30. The van der Waals surface area contributed by atoms with Gasteiger partial charge in [0.05, 0.1) is 23.4 Å². The third-order valence-corrected chi connectivity index (χ3v) is 6.84. The number of thiazole rings is 1. The number of rotatable bonds is 6. The highest BCUT2D eigenvalue weighted by Crippen LogP contribution is 2.27. The highest BCUT2D eigenvalue weighted by molar-refractivity contribution is 8.01. The number of anilines is 1. The van der Waals surface area contributed by atoms with Gasteiger partial charge in [0.2, 0.25) is 5.13 Å². The fraction of sp³-hybridized carbons (Fsp3) is 0.375. The number of nitrogens with one attached hydrogen (secondary N) is 1. The number of para-hydroxylation sites is 1. The topological polar surface area (TPSA) is 80.2 Å². The molecule has 1 aromatic carbocycles. The number of fused-ring (bicyclic) bond motifs is 1. The van der Waals surface area contributed by atoms with Crippen LogP contribution in [-0.4, -0.2) is 64.6 Å². The number of morpholine rings is 1. The van der Waals surface area contributed by atoms with Gasteiger partial charge >= 0.3 is 0 Å². The summed E-state index contributed by atoms with van der Waals surface area (Å²) in [5.74, 6) is 0.702. The summed E-state index contributed by atoms with van der Waals surface area (Å²) >= 11 is 4.42. The molecule has 0 radical (unpaired) electrons. The SMILES string of the molecule is O=C(Nc1nnc(SCCN2CCOCC2)s1)c1nc2ccccc2s1. The first-order valence-corrected chi connectivity index (χ1v) is 10.8. The fourth-order valence-corrected chi connectivity index (χ4v) is 5.20. The van der Waals surface area contributed by atoms with Crippen LogP contribution >= 0.6 is 34.4 Å². The number of carbonyl (C=O) groups is 1. The first-order chi connectivity index (χ1) is 12.8. The summed E-state index contributed by atoms with van der Waals surface area (Å²) in [7, 11) is 0. The summed E-state index contributed by atoms with van der Waals surface area (Å²) in [6, 6.07) is 7.71. The number of hydrogen-bond donors (Lipinski definition) is 1. The summed E-state index contributed by atoms with van der Waals surface area (Å²) in [4.78, 5) is 19.1. The molecule has 7 nitrogen and oxygen atoms in total. The predicted molar refractivity (Wildman–Crippen MR) is 105 cm³/mol. The van der Waals surface area contributed by atoms with E-state index in [2.05, 4.69) is 25.4 Å². The van der Waals surface area contributed by atoms with Gasteiger partial charge in [-0.3, -0.25) is 15.0 Å². The summed E-state index contributed by atoms with van der Waals surface area (Å²) in [5, 5.41) is 11.9. The molecule has 4 rings (SSSR count). The molecule has 1 aliphatic heterocycles. The van der Waals surface area contributed by atoms with E-state index in [4.69, 9.17) is 4.74 Å². The molecule has 3 heterocycles. The standard InChI is InChI=1S/C16H17N5O2S3/c22-13(14-17-11-3-1-2-4-12(11)25-14)18-15-19-20-16(26-15)24-10-7-21-5-8-23-9-6-21/h1-4H,5-10H2,(H,18,19,22). The van der Waals surface area contributed by atoms with Crippen molar-refractivity contribution in [3.05, 3.63) is 29.3 Å². The average Bonchev–Trinajstić information content (AvgIpc) is 3.29. The van der Waals surface area contributed by atoms with Gasteiger partial charge in [0.15, 0.2) is 9.35 Å². The maximum atomic E-state index is 12.4. The first-order valence-electron chi connectivity index (χ1n) is 8.21. The van der Waals surface area contributed by atoms with Crippen LogP contribution in [0.3, 0.4) is 0 Å². The quantitative estimate of drug-likeness (QED) is 0.497. The van der Waals surface area contributed by atoms with Gasteiger partial charge in [-0.1, -0.05) is 35.2 Å². The van der Waals surface area contributed by atoms with Gasteiger partial charge in [0.25, 0.3) is 5.91 Å². The van der Waals surface area contributed by atoms with Crippen molar-refractivity contribution in [2.75, 3.05) is 43.9 Å². The minimum Gasteiger partial charge on any atom is -0.379 e. The molecule has 1 saturated heterocycles. The summed E-state index contributed by atoms with van der Waals surface area (Å²) in [6.45, 7) is 4.60. The smallest absolute Gasteiger partial charge is 0.286 e. The summed E-state index contributed by atoms with van der Waals surface area (Å²) in [6.07, 6.45) is 0. The van der Waals surface area contributed by atoms with Gasteiger partial charge in [-0.2, -0.15) is 0 Å². The molecule has 1 N–H and O–H groups in total. The van der Waals surface area contributed by atoms with Crippen LogP contribution in [0.15, 0.2) is 28.6 Å². The van der Waals surface area contributed by atoms with E-state index in [1.165, 1.54) is 22.7 Å². The highest BCUT2D eigenvalue weighted by atomic mass is 32.2. The molecule has 0 saturated carbocycles. The minimum absolute atomic E-state index is 0.243. The molecule has 0 spiro atoms. The molecular weight excluding hydrogens is 390 g/mol. The second kappa shape index (κ2) is 8.40. The predicted octanol–water partition coefficient (Wildman–Crippen LogP) is 2.82. The Morgan fingerprint density at radius 1 is 1.23 bits per heavy atom.